The molecule has 0 N–H and O–H groups in total. The van der Waals surface area contributed by atoms with Crippen LogP contribution in [0.15, 0.2) is 0 Å². The molecule has 0 heterocycles. The van der Waals surface area contributed by atoms with Gasteiger partial charge in [-0.05, 0) is 34.1 Å². The first-order valence-corrected chi connectivity index (χ1v) is 5.91. The summed E-state index contributed by atoms with van der Waals surface area (Å²) in [4.78, 5) is 33.7. The van der Waals surface area contributed by atoms with E-state index in [9.17, 15) is 19.7 Å². The smallest absolute Gasteiger partial charge is 0.320 e. The van der Waals surface area contributed by atoms with E-state index in [2.05, 4.69) is 0 Å². The van der Waals surface area contributed by atoms with Gasteiger partial charge in [0.2, 0.25) is 6.54 Å². The van der Waals surface area contributed by atoms with Crippen molar-refractivity contribution in [1.82, 2.24) is 0 Å². The lowest BCUT2D eigenvalue weighted by Crippen LogP contribution is -2.43. The van der Waals surface area contributed by atoms with Gasteiger partial charge in [-0.3, -0.25) is 19.7 Å². The highest BCUT2D eigenvalue weighted by atomic mass is 16.6. The molecule has 0 aliphatic heterocycles. The first-order valence-electron chi connectivity index (χ1n) is 5.91. The van der Waals surface area contributed by atoms with Crippen molar-refractivity contribution in [3.63, 3.8) is 0 Å². The second-order valence-corrected chi connectivity index (χ2v) is 5.30. The quantitative estimate of drug-likeness (QED) is 0.315. The van der Waals surface area contributed by atoms with Gasteiger partial charge in [-0.2, -0.15) is 0 Å². The summed E-state index contributed by atoms with van der Waals surface area (Å²) in [5.41, 5.74) is -2.12. The van der Waals surface area contributed by atoms with Crippen molar-refractivity contribution >= 4 is 11.8 Å². The highest BCUT2D eigenvalue weighted by molar-refractivity contribution is 6.02. The topological polar surface area (TPSA) is 86.5 Å². The number of hydrogen-bond donors (Lipinski definition) is 0. The number of carbonyl (C=O) groups is 2. The van der Waals surface area contributed by atoms with Crippen molar-refractivity contribution in [2.75, 3.05) is 6.54 Å². The molecule has 6 nitrogen and oxygen atoms in total. The second-order valence-electron chi connectivity index (χ2n) is 5.30. The molecular weight excluding hydrogens is 238 g/mol. The lowest BCUT2D eigenvalue weighted by atomic mass is 9.78. The van der Waals surface area contributed by atoms with Crippen molar-refractivity contribution in [1.29, 1.82) is 0 Å². The normalized spacial score (nSPS) is 14.7. The van der Waals surface area contributed by atoms with E-state index in [0.29, 0.717) is 0 Å². The van der Waals surface area contributed by atoms with Gasteiger partial charge in [0.25, 0.3) is 0 Å². The minimum atomic E-state index is -1.40. The average molecular weight is 259 g/mol. The van der Waals surface area contributed by atoms with Gasteiger partial charge in [0.05, 0.1) is 0 Å². The number of Topliss-reactive ketones (excluding diaryl/α,β-unsaturated/α-hetero) is 1. The number of nitrogens with zero attached hydrogens (tertiary/aromatic N) is 1. The molecule has 0 amide bonds. The molecule has 0 aromatic carbocycles. The first kappa shape index (κ1) is 16.5. The van der Waals surface area contributed by atoms with E-state index in [4.69, 9.17) is 4.74 Å². The first-order chi connectivity index (χ1) is 8.05. The van der Waals surface area contributed by atoms with E-state index in [1.165, 1.54) is 6.92 Å². The molecule has 1 unspecified atom stereocenters. The maximum absolute atomic E-state index is 12.1. The second kappa shape index (κ2) is 5.93. The molecule has 0 rings (SSSR count). The third kappa shape index (κ3) is 4.43. The minimum Gasteiger partial charge on any atom is -0.459 e. The van der Waals surface area contributed by atoms with E-state index in [0.717, 1.165) is 0 Å². The van der Waals surface area contributed by atoms with Crippen LogP contribution >= 0.6 is 0 Å². The number of nitro groups is 1. The molecule has 0 aliphatic carbocycles. The molecular formula is C12H21NO5. The van der Waals surface area contributed by atoms with Crippen molar-refractivity contribution in [2.45, 2.75) is 53.1 Å². The fourth-order valence-electron chi connectivity index (χ4n) is 1.65. The van der Waals surface area contributed by atoms with Crippen LogP contribution in [0.2, 0.25) is 0 Å². The molecule has 0 spiro atoms. The molecule has 0 bridgehead atoms. The molecule has 0 radical (unpaired) electrons. The monoisotopic (exact) mass is 259 g/mol. The maximum Gasteiger partial charge on any atom is 0.320 e. The van der Waals surface area contributed by atoms with Gasteiger partial charge in [-0.1, -0.05) is 6.92 Å². The molecule has 18 heavy (non-hydrogen) atoms. The molecule has 0 saturated carbocycles. The van der Waals surface area contributed by atoms with Crippen LogP contribution in [0.1, 0.15) is 47.5 Å². The van der Waals surface area contributed by atoms with Gasteiger partial charge < -0.3 is 4.74 Å². The van der Waals surface area contributed by atoms with E-state index in [-0.39, 0.29) is 18.6 Å². The number of ketones is 1. The van der Waals surface area contributed by atoms with Crippen LogP contribution in [0, 0.1) is 15.5 Å². The lowest BCUT2D eigenvalue weighted by molar-refractivity contribution is -0.482. The average Bonchev–Trinajstić information content (AvgIpc) is 2.15. The standard InChI is InChI=1S/C12H21NO5/c1-6-12(9(2)14,7-8-13(16)17)10(15)18-11(3,4)5/h6-8H2,1-5H3. The zero-order chi connectivity index (χ0) is 14.6. The molecule has 104 valence electrons. The van der Waals surface area contributed by atoms with Gasteiger partial charge in [0.15, 0.2) is 0 Å². The van der Waals surface area contributed by atoms with Crippen molar-refractivity contribution in [3.8, 4) is 0 Å². The lowest BCUT2D eigenvalue weighted by Gasteiger charge is -2.30. The van der Waals surface area contributed by atoms with Crippen molar-refractivity contribution in [2.24, 2.45) is 5.41 Å². The zero-order valence-electron chi connectivity index (χ0n) is 11.6. The molecule has 1 atom stereocenters. The third-order valence-electron chi connectivity index (χ3n) is 2.79. The van der Waals surface area contributed by atoms with Gasteiger partial charge in [-0.25, -0.2) is 0 Å². The van der Waals surface area contributed by atoms with Gasteiger partial charge >= 0.3 is 5.97 Å². The third-order valence-corrected chi connectivity index (χ3v) is 2.79. The Hall–Kier alpha value is -1.46. The largest absolute Gasteiger partial charge is 0.459 e. The predicted octanol–water partition coefficient (Wildman–Crippen LogP) is 1.98. The van der Waals surface area contributed by atoms with Crippen LogP contribution in [0.5, 0.6) is 0 Å². The highest BCUT2D eigenvalue weighted by Gasteiger charge is 2.45. The fourth-order valence-corrected chi connectivity index (χ4v) is 1.65. The fraction of sp³-hybridized carbons (Fsp3) is 0.833. The summed E-state index contributed by atoms with van der Waals surface area (Å²) in [5.74, 6) is -1.06. The summed E-state index contributed by atoms with van der Waals surface area (Å²) in [5, 5.41) is 10.4. The van der Waals surface area contributed by atoms with E-state index < -0.39 is 28.5 Å². The van der Waals surface area contributed by atoms with Crippen LogP contribution < -0.4 is 0 Å². The van der Waals surface area contributed by atoms with Crippen LogP contribution in [-0.4, -0.2) is 28.8 Å². The zero-order valence-corrected chi connectivity index (χ0v) is 11.6. The van der Waals surface area contributed by atoms with Crippen molar-refractivity contribution < 1.29 is 19.2 Å². The Morgan fingerprint density at radius 3 is 2.06 bits per heavy atom. The molecule has 0 aromatic heterocycles. The summed E-state index contributed by atoms with van der Waals surface area (Å²) < 4.78 is 5.21. The molecule has 0 fully saturated rings. The number of carbonyl (C=O) groups excluding carboxylic acids is 2. The van der Waals surface area contributed by atoms with Crippen LogP contribution in [0.4, 0.5) is 0 Å². The summed E-state index contributed by atoms with van der Waals surface area (Å²) in [6, 6.07) is 0. The highest BCUT2D eigenvalue weighted by Crippen LogP contribution is 2.31. The van der Waals surface area contributed by atoms with E-state index in [1.807, 2.05) is 0 Å². The molecule has 0 saturated heterocycles. The minimum absolute atomic E-state index is 0.124. The summed E-state index contributed by atoms with van der Waals surface area (Å²) >= 11 is 0. The molecule has 0 aromatic rings. The van der Waals surface area contributed by atoms with Gasteiger partial charge in [0.1, 0.15) is 16.8 Å². The SMILES string of the molecule is CCC(CC[N+](=O)[O-])(C(C)=O)C(=O)OC(C)(C)C. The number of rotatable bonds is 6. The van der Waals surface area contributed by atoms with Gasteiger partial charge in [0, 0.05) is 11.3 Å². The summed E-state index contributed by atoms with van der Waals surface area (Å²) in [7, 11) is 0. The Balaban J connectivity index is 5.13. The molecule has 0 aliphatic rings. The van der Waals surface area contributed by atoms with E-state index in [1.54, 1.807) is 27.7 Å². The Labute approximate surface area is 107 Å². The maximum atomic E-state index is 12.1. The van der Waals surface area contributed by atoms with E-state index >= 15 is 0 Å². The Bertz CT molecular complexity index is 345. The number of esters is 1. The summed E-state index contributed by atoms with van der Waals surface area (Å²) in [6.45, 7) is 7.59. The van der Waals surface area contributed by atoms with Crippen LogP contribution in [0.25, 0.3) is 0 Å². The summed E-state index contributed by atoms with van der Waals surface area (Å²) in [6.07, 6.45) is 0.0752. The van der Waals surface area contributed by atoms with Crippen LogP contribution in [0.3, 0.4) is 0 Å². The number of hydrogen-bond acceptors (Lipinski definition) is 5. The molecule has 6 heteroatoms. The Morgan fingerprint density at radius 2 is 1.78 bits per heavy atom. The predicted molar refractivity (Wildman–Crippen MR) is 65.7 cm³/mol. The van der Waals surface area contributed by atoms with Crippen LogP contribution in [-0.2, 0) is 14.3 Å². The number of ether oxygens (including phenoxy) is 1. The van der Waals surface area contributed by atoms with Gasteiger partial charge in [-0.15, -0.1) is 0 Å². The van der Waals surface area contributed by atoms with Crippen molar-refractivity contribution in [3.05, 3.63) is 10.1 Å². The Morgan fingerprint density at radius 1 is 1.28 bits per heavy atom. The Kier molecular flexibility index (Phi) is 5.45.